The first-order valence-corrected chi connectivity index (χ1v) is 16.7. The van der Waals surface area contributed by atoms with Crippen LogP contribution in [0.1, 0.15) is 22.3 Å². The van der Waals surface area contributed by atoms with Crippen molar-refractivity contribution in [3.63, 3.8) is 0 Å². The van der Waals surface area contributed by atoms with E-state index in [1.807, 2.05) is 84.9 Å². The molecule has 1 saturated carbocycles. The first-order valence-electron chi connectivity index (χ1n) is 16.7. The Bertz CT molecular complexity index is 2420. The molecule has 50 heavy (non-hydrogen) atoms. The number of rotatable bonds is 5. The van der Waals surface area contributed by atoms with E-state index in [4.69, 9.17) is 4.74 Å². The van der Waals surface area contributed by atoms with E-state index in [-0.39, 0.29) is 5.78 Å². The molecule has 1 aromatic heterocycles. The number of hydrogen-bond donors (Lipinski definition) is 0. The van der Waals surface area contributed by atoms with Crippen molar-refractivity contribution in [3.8, 4) is 11.5 Å². The minimum Gasteiger partial charge on any atom is -0.454 e. The third-order valence-electron chi connectivity index (χ3n) is 11.1. The number of imide groups is 1. The highest BCUT2D eigenvalue weighted by Gasteiger charge is 2.82. The molecule has 0 unspecified atom stereocenters. The quantitative estimate of drug-likeness (QED) is 0.139. The fraction of sp³-hybridized carbons (Fsp3) is 0.0909. The Kier molecular flexibility index (Phi) is 5.89. The molecule has 6 aromatic carbocycles. The van der Waals surface area contributed by atoms with Crippen molar-refractivity contribution < 1.29 is 19.1 Å². The molecule has 2 bridgehead atoms. The average molecular weight is 649 g/mol. The van der Waals surface area contributed by atoms with Gasteiger partial charge < -0.3 is 4.74 Å². The number of para-hydroxylation sites is 2. The van der Waals surface area contributed by atoms with Gasteiger partial charge in [0.15, 0.2) is 11.5 Å². The van der Waals surface area contributed by atoms with Crippen molar-refractivity contribution >= 4 is 44.8 Å². The normalized spacial score (nSPS) is 23.4. The van der Waals surface area contributed by atoms with Gasteiger partial charge in [-0.3, -0.25) is 19.4 Å². The van der Waals surface area contributed by atoms with Gasteiger partial charge in [-0.1, -0.05) is 121 Å². The molecule has 6 heteroatoms. The highest BCUT2D eigenvalue weighted by molar-refractivity contribution is 6.34. The van der Waals surface area contributed by atoms with E-state index in [9.17, 15) is 0 Å². The molecule has 4 atom stereocenters. The Balaban J connectivity index is 1.34. The molecule has 10 rings (SSSR count). The lowest BCUT2D eigenvalue weighted by atomic mass is 9.59. The third kappa shape index (κ3) is 3.37. The van der Waals surface area contributed by atoms with E-state index < -0.39 is 34.5 Å². The summed E-state index contributed by atoms with van der Waals surface area (Å²) < 4.78 is 6.25. The second kappa shape index (κ2) is 10.3. The summed E-state index contributed by atoms with van der Waals surface area (Å²) in [6.45, 7) is 0. The number of pyridine rings is 1. The molecule has 2 amide bonds. The summed E-state index contributed by atoms with van der Waals surface area (Å²) in [6.07, 6.45) is 3.23. The van der Waals surface area contributed by atoms with Crippen molar-refractivity contribution in [2.24, 2.45) is 11.8 Å². The van der Waals surface area contributed by atoms with Crippen LogP contribution in [0.4, 0.5) is 5.69 Å². The number of ether oxygens (including phenoxy) is 1. The first-order chi connectivity index (χ1) is 24.6. The minimum absolute atomic E-state index is 0.129. The van der Waals surface area contributed by atoms with Crippen LogP contribution in [0.15, 0.2) is 158 Å². The Hall–Kier alpha value is -6.40. The number of hydrogen-bond acceptors (Lipinski definition) is 5. The number of fused-ring (bicyclic) bond motifs is 13. The van der Waals surface area contributed by atoms with E-state index in [0.29, 0.717) is 28.3 Å². The first kappa shape index (κ1) is 28.6. The highest BCUT2D eigenvalue weighted by Crippen LogP contribution is 2.72. The highest BCUT2D eigenvalue weighted by atomic mass is 16.5. The van der Waals surface area contributed by atoms with Crippen LogP contribution in [0.3, 0.4) is 0 Å². The zero-order chi connectivity index (χ0) is 33.6. The molecular weight excluding hydrogens is 620 g/mol. The molecule has 6 nitrogen and oxygen atoms in total. The van der Waals surface area contributed by atoms with Gasteiger partial charge in [0.2, 0.25) is 11.8 Å². The molecule has 1 aliphatic heterocycles. The lowest BCUT2D eigenvalue weighted by molar-refractivity contribution is -0.130. The van der Waals surface area contributed by atoms with Crippen LogP contribution < -0.4 is 9.64 Å². The van der Waals surface area contributed by atoms with Gasteiger partial charge in [0.25, 0.3) is 0 Å². The number of benzene rings is 6. The van der Waals surface area contributed by atoms with Crippen LogP contribution in [-0.2, 0) is 25.2 Å². The molecule has 2 heterocycles. The summed E-state index contributed by atoms with van der Waals surface area (Å²) >= 11 is 0. The van der Waals surface area contributed by atoms with Crippen molar-refractivity contribution in [1.82, 2.24) is 4.98 Å². The van der Waals surface area contributed by atoms with E-state index in [1.165, 1.54) is 4.90 Å². The fourth-order valence-electron chi connectivity index (χ4n) is 9.45. The zero-order valence-corrected chi connectivity index (χ0v) is 26.7. The maximum Gasteiger partial charge on any atom is 0.239 e. The van der Waals surface area contributed by atoms with Gasteiger partial charge in [-0.2, -0.15) is 0 Å². The second-order valence-electron chi connectivity index (χ2n) is 13.2. The van der Waals surface area contributed by atoms with Crippen LogP contribution in [0.5, 0.6) is 11.5 Å². The number of ketones is 1. The van der Waals surface area contributed by atoms with Crippen molar-refractivity contribution in [2.45, 2.75) is 10.8 Å². The van der Waals surface area contributed by atoms with Gasteiger partial charge in [0, 0.05) is 6.20 Å². The summed E-state index contributed by atoms with van der Waals surface area (Å²) in [7, 11) is 0. The largest absolute Gasteiger partial charge is 0.454 e. The molecular formula is C44H28N2O4. The smallest absolute Gasteiger partial charge is 0.239 e. The van der Waals surface area contributed by atoms with Crippen molar-refractivity contribution in [3.05, 3.63) is 180 Å². The summed E-state index contributed by atoms with van der Waals surface area (Å²) in [5.74, 6) is -2.16. The molecule has 2 fully saturated rings. The summed E-state index contributed by atoms with van der Waals surface area (Å²) in [5.41, 5.74) is 0.493. The topological polar surface area (TPSA) is 76.6 Å². The van der Waals surface area contributed by atoms with Crippen LogP contribution >= 0.6 is 0 Å². The van der Waals surface area contributed by atoms with Crippen LogP contribution in [-0.4, -0.2) is 22.6 Å². The average Bonchev–Trinajstić information content (AvgIpc) is 3.69. The SMILES string of the molecule is O=C1[C@@H]2[C@H](C(=O)N1c1ccccc1Oc1cccnc1)[C@@]1(c3ccccc3)C(=O)[C@]2(c2ccccc2)c2c1c1ccccc1c1ccccc21. The monoisotopic (exact) mass is 648 g/mol. The minimum atomic E-state index is -1.44. The lowest BCUT2D eigenvalue weighted by Crippen LogP contribution is -2.45. The van der Waals surface area contributed by atoms with Gasteiger partial charge in [-0.15, -0.1) is 0 Å². The maximum absolute atomic E-state index is 16.1. The second-order valence-corrected chi connectivity index (χ2v) is 13.2. The summed E-state index contributed by atoms with van der Waals surface area (Å²) in [4.78, 5) is 52.3. The van der Waals surface area contributed by atoms with Gasteiger partial charge in [0.05, 0.1) is 34.6 Å². The van der Waals surface area contributed by atoms with Crippen molar-refractivity contribution in [1.29, 1.82) is 0 Å². The van der Waals surface area contributed by atoms with E-state index in [0.717, 1.165) is 32.7 Å². The lowest BCUT2D eigenvalue weighted by Gasteiger charge is -2.38. The predicted molar refractivity (Wildman–Crippen MR) is 191 cm³/mol. The van der Waals surface area contributed by atoms with Gasteiger partial charge in [-0.25, -0.2) is 4.90 Å². The molecule has 2 aliphatic carbocycles. The Morgan fingerprint density at radius 3 is 1.52 bits per heavy atom. The van der Waals surface area contributed by atoms with Gasteiger partial charge in [-0.05, 0) is 68.1 Å². The Morgan fingerprint density at radius 2 is 1.00 bits per heavy atom. The number of nitrogens with zero attached hydrogens (tertiary/aromatic N) is 2. The number of aromatic nitrogens is 1. The number of carbonyl (C=O) groups is 3. The molecule has 0 radical (unpaired) electrons. The summed E-state index contributed by atoms with van der Waals surface area (Å²) in [5, 5.41) is 3.82. The number of anilines is 1. The molecule has 7 aromatic rings. The number of carbonyl (C=O) groups excluding carboxylic acids is 3. The van der Waals surface area contributed by atoms with E-state index in [2.05, 4.69) is 29.2 Å². The number of amides is 2. The van der Waals surface area contributed by atoms with E-state index in [1.54, 1.807) is 48.8 Å². The van der Waals surface area contributed by atoms with E-state index >= 15 is 14.4 Å². The van der Waals surface area contributed by atoms with Crippen LogP contribution in [0, 0.1) is 11.8 Å². The summed E-state index contributed by atoms with van der Waals surface area (Å²) in [6, 6.07) is 46.1. The maximum atomic E-state index is 16.1. The fourth-order valence-corrected chi connectivity index (χ4v) is 9.45. The molecule has 0 N–H and O–H groups in total. The van der Waals surface area contributed by atoms with Gasteiger partial charge >= 0.3 is 0 Å². The van der Waals surface area contributed by atoms with Crippen LogP contribution in [0.25, 0.3) is 21.5 Å². The number of Topliss-reactive ketones (excluding diaryl/α,β-unsaturated/α-hetero) is 1. The third-order valence-corrected chi connectivity index (χ3v) is 11.1. The molecule has 0 spiro atoms. The molecule has 3 aliphatic rings. The van der Waals surface area contributed by atoms with Crippen molar-refractivity contribution in [2.75, 3.05) is 4.90 Å². The van der Waals surface area contributed by atoms with Crippen LogP contribution in [0.2, 0.25) is 0 Å². The zero-order valence-electron chi connectivity index (χ0n) is 26.7. The molecule has 238 valence electrons. The predicted octanol–water partition coefficient (Wildman–Crippen LogP) is 8.15. The Morgan fingerprint density at radius 1 is 0.520 bits per heavy atom. The Labute approximate surface area is 287 Å². The molecule has 1 saturated heterocycles. The van der Waals surface area contributed by atoms with Gasteiger partial charge in [0.1, 0.15) is 5.75 Å². The standard InChI is InChI=1S/C44H28N2O4/c47-40-38-39(41(48)46(40)34-23-11-12-24-35(34)50-29-18-13-25-45-26-29)44(28-16-5-2-6-17-28)37-33-22-10-8-20-31(33)30-19-7-9-21-32(30)36(37)43(38,42(44)49)27-14-3-1-4-15-27/h1-26,38-39H/t38-,39+,43+,44-.